The quantitative estimate of drug-likeness (QED) is 0.851. The third kappa shape index (κ3) is 3.44. The minimum Gasteiger partial charge on any atom is -0.302 e. The van der Waals surface area contributed by atoms with E-state index in [0.29, 0.717) is 12.0 Å². The Bertz CT molecular complexity index is 485. The largest absolute Gasteiger partial charge is 0.302 e. The minimum absolute atomic E-state index is 0.266. The molecule has 0 aliphatic heterocycles. The maximum Gasteiger partial charge on any atom is 0.0518 e. The fourth-order valence-electron chi connectivity index (χ4n) is 2.24. The summed E-state index contributed by atoms with van der Waals surface area (Å²) in [4.78, 5) is 0. The first-order valence-corrected chi connectivity index (χ1v) is 6.93. The van der Waals surface area contributed by atoms with Gasteiger partial charge in [-0.25, -0.2) is 0 Å². The highest BCUT2D eigenvalue weighted by atomic mass is 15.1. The third-order valence-corrected chi connectivity index (χ3v) is 3.59. The van der Waals surface area contributed by atoms with Gasteiger partial charge in [0.1, 0.15) is 0 Å². The fourth-order valence-corrected chi connectivity index (χ4v) is 2.24. The second-order valence-electron chi connectivity index (χ2n) is 5.44. The molecule has 0 spiro atoms. The molecule has 0 fully saturated rings. The lowest BCUT2D eigenvalue weighted by molar-refractivity contribution is 0.485. The molecule has 3 nitrogen and oxygen atoms in total. The molecule has 2 N–H and O–H groups in total. The van der Waals surface area contributed by atoms with Crippen molar-refractivity contribution < 1.29 is 0 Å². The minimum atomic E-state index is 0.266. The Kier molecular flexibility index (Phi) is 4.38. The Labute approximate surface area is 115 Å². The van der Waals surface area contributed by atoms with E-state index in [0.717, 1.165) is 5.69 Å². The molecule has 0 radical (unpaired) electrons. The highest BCUT2D eigenvalue weighted by Crippen LogP contribution is 2.21. The Morgan fingerprint density at radius 1 is 0.895 bits per heavy atom. The zero-order valence-electron chi connectivity index (χ0n) is 12.1. The Hall–Kier alpha value is -1.61. The van der Waals surface area contributed by atoms with Crippen LogP contribution >= 0.6 is 0 Å². The van der Waals surface area contributed by atoms with Gasteiger partial charge in [-0.2, -0.15) is 5.10 Å². The molecule has 2 unspecified atom stereocenters. The van der Waals surface area contributed by atoms with Gasteiger partial charge in [-0.05, 0) is 37.0 Å². The number of nitrogens with zero attached hydrogens (tertiary/aromatic N) is 1. The van der Waals surface area contributed by atoms with Gasteiger partial charge in [0.25, 0.3) is 0 Å². The van der Waals surface area contributed by atoms with E-state index in [2.05, 4.69) is 67.5 Å². The van der Waals surface area contributed by atoms with Gasteiger partial charge in [0.05, 0.1) is 5.69 Å². The Morgan fingerprint density at radius 2 is 1.53 bits per heavy atom. The average molecular weight is 257 g/mol. The molecule has 2 rings (SSSR count). The van der Waals surface area contributed by atoms with Crippen molar-refractivity contribution in [2.45, 2.75) is 45.7 Å². The van der Waals surface area contributed by atoms with Crippen molar-refractivity contribution in [3.63, 3.8) is 0 Å². The Balaban J connectivity index is 2.01. The van der Waals surface area contributed by atoms with Gasteiger partial charge in [0, 0.05) is 18.3 Å². The van der Waals surface area contributed by atoms with E-state index in [-0.39, 0.29) is 6.04 Å². The number of aromatic amines is 1. The van der Waals surface area contributed by atoms with Crippen molar-refractivity contribution in [3.8, 4) is 0 Å². The topological polar surface area (TPSA) is 40.7 Å². The lowest BCUT2D eigenvalue weighted by Gasteiger charge is -2.20. The summed E-state index contributed by atoms with van der Waals surface area (Å²) in [6, 6.07) is 11.5. The van der Waals surface area contributed by atoms with E-state index in [1.165, 1.54) is 11.1 Å². The zero-order valence-corrected chi connectivity index (χ0v) is 12.1. The lowest BCUT2D eigenvalue weighted by atomic mass is 9.99. The van der Waals surface area contributed by atoms with Gasteiger partial charge >= 0.3 is 0 Å². The van der Waals surface area contributed by atoms with Crippen LogP contribution in [0.25, 0.3) is 0 Å². The summed E-state index contributed by atoms with van der Waals surface area (Å²) in [5.41, 5.74) is 3.82. The number of H-pyrrole nitrogens is 1. The van der Waals surface area contributed by atoms with Crippen LogP contribution in [0.15, 0.2) is 36.5 Å². The third-order valence-electron chi connectivity index (χ3n) is 3.59. The van der Waals surface area contributed by atoms with Gasteiger partial charge in [-0.3, -0.25) is 5.10 Å². The summed E-state index contributed by atoms with van der Waals surface area (Å²) in [5.74, 6) is 0.584. The van der Waals surface area contributed by atoms with Crippen molar-refractivity contribution in [2.75, 3.05) is 0 Å². The molecule has 0 aliphatic rings. The van der Waals surface area contributed by atoms with E-state index >= 15 is 0 Å². The molecule has 3 heteroatoms. The molecule has 0 amide bonds. The molecule has 1 heterocycles. The van der Waals surface area contributed by atoms with Crippen LogP contribution in [0.2, 0.25) is 0 Å². The smallest absolute Gasteiger partial charge is 0.0518 e. The molecular weight excluding hydrogens is 234 g/mol. The summed E-state index contributed by atoms with van der Waals surface area (Å²) in [5, 5.41) is 10.6. The van der Waals surface area contributed by atoms with Crippen molar-refractivity contribution in [1.82, 2.24) is 15.5 Å². The van der Waals surface area contributed by atoms with Gasteiger partial charge in [0.2, 0.25) is 0 Å². The van der Waals surface area contributed by atoms with Crippen LogP contribution in [0.3, 0.4) is 0 Å². The van der Waals surface area contributed by atoms with E-state index in [1.54, 1.807) is 6.20 Å². The Morgan fingerprint density at radius 3 is 2.05 bits per heavy atom. The van der Waals surface area contributed by atoms with Crippen molar-refractivity contribution in [2.24, 2.45) is 0 Å². The first-order chi connectivity index (χ1) is 9.08. The van der Waals surface area contributed by atoms with Crippen LogP contribution in [0.4, 0.5) is 0 Å². The maximum absolute atomic E-state index is 3.99. The monoisotopic (exact) mass is 257 g/mol. The molecule has 2 aromatic rings. The zero-order chi connectivity index (χ0) is 13.8. The first-order valence-electron chi connectivity index (χ1n) is 6.93. The number of benzene rings is 1. The van der Waals surface area contributed by atoms with Gasteiger partial charge in [-0.1, -0.05) is 38.1 Å². The first kappa shape index (κ1) is 13.8. The number of nitrogens with one attached hydrogen (secondary N) is 2. The predicted octanol–water partition coefficient (Wildman–Crippen LogP) is 3.94. The van der Waals surface area contributed by atoms with Gasteiger partial charge in [0.15, 0.2) is 0 Å². The molecule has 2 atom stereocenters. The number of hydrogen-bond acceptors (Lipinski definition) is 2. The second kappa shape index (κ2) is 6.02. The molecule has 102 valence electrons. The molecule has 0 saturated carbocycles. The molecular formula is C16H23N3. The summed E-state index contributed by atoms with van der Waals surface area (Å²) in [6.07, 6.45) is 1.79. The maximum atomic E-state index is 3.99. The van der Waals surface area contributed by atoms with Crippen LogP contribution in [-0.2, 0) is 0 Å². The van der Waals surface area contributed by atoms with Gasteiger partial charge in [-0.15, -0.1) is 0 Å². The van der Waals surface area contributed by atoms with Crippen LogP contribution < -0.4 is 5.32 Å². The van der Waals surface area contributed by atoms with Crippen LogP contribution in [0.5, 0.6) is 0 Å². The van der Waals surface area contributed by atoms with E-state index in [4.69, 9.17) is 0 Å². The predicted molar refractivity (Wildman–Crippen MR) is 79.1 cm³/mol. The van der Waals surface area contributed by atoms with Crippen LogP contribution in [0.1, 0.15) is 62.5 Å². The molecule has 19 heavy (non-hydrogen) atoms. The molecule has 0 bridgehead atoms. The van der Waals surface area contributed by atoms with Gasteiger partial charge < -0.3 is 5.32 Å². The summed E-state index contributed by atoms with van der Waals surface area (Å²) >= 11 is 0. The highest BCUT2D eigenvalue weighted by Gasteiger charge is 2.12. The highest BCUT2D eigenvalue weighted by molar-refractivity contribution is 5.26. The summed E-state index contributed by atoms with van der Waals surface area (Å²) in [7, 11) is 0. The van der Waals surface area contributed by atoms with E-state index in [9.17, 15) is 0 Å². The normalized spacial score (nSPS) is 14.6. The number of hydrogen-bond donors (Lipinski definition) is 2. The molecule has 0 aliphatic carbocycles. The van der Waals surface area contributed by atoms with Crippen molar-refractivity contribution >= 4 is 0 Å². The lowest BCUT2D eigenvalue weighted by Crippen LogP contribution is -2.22. The SMILES string of the molecule is CC(C)c1ccc(C(C)NC(C)c2ccn[nH]2)cc1. The molecule has 1 aromatic carbocycles. The van der Waals surface area contributed by atoms with Crippen molar-refractivity contribution in [1.29, 1.82) is 0 Å². The average Bonchev–Trinajstić information content (AvgIpc) is 2.92. The standard InChI is InChI=1S/C16H23N3/c1-11(2)14-5-7-15(8-6-14)12(3)18-13(4)16-9-10-17-19-16/h5-13,18H,1-4H3,(H,17,19). The summed E-state index contributed by atoms with van der Waals surface area (Å²) in [6.45, 7) is 8.78. The van der Waals surface area contributed by atoms with Crippen LogP contribution in [-0.4, -0.2) is 10.2 Å². The van der Waals surface area contributed by atoms with E-state index in [1.807, 2.05) is 6.07 Å². The van der Waals surface area contributed by atoms with E-state index < -0.39 is 0 Å². The molecule has 1 aromatic heterocycles. The molecule has 0 saturated heterocycles. The van der Waals surface area contributed by atoms with Crippen LogP contribution in [0, 0.1) is 0 Å². The fraction of sp³-hybridized carbons (Fsp3) is 0.438. The number of aromatic nitrogens is 2. The number of rotatable bonds is 5. The summed E-state index contributed by atoms with van der Waals surface area (Å²) < 4.78 is 0. The van der Waals surface area contributed by atoms with Crippen molar-refractivity contribution in [3.05, 3.63) is 53.3 Å². The second-order valence-corrected chi connectivity index (χ2v) is 5.44.